The van der Waals surface area contributed by atoms with Crippen LogP contribution in [0.1, 0.15) is 19.6 Å². The molecule has 6 nitrogen and oxygen atoms in total. The molecule has 0 aromatic carbocycles. The number of hydrazone groups is 1. The van der Waals surface area contributed by atoms with Crippen LogP contribution in [0.2, 0.25) is 0 Å². The second kappa shape index (κ2) is 5.69. The van der Waals surface area contributed by atoms with Crippen LogP contribution < -0.4 is 10.7 Å². The van der Waals surface area contributed by atoms with Gasteiger partial charge < -0.3 is 9.73 Å². The average Bonchev–Trinajstić information content (AvgIpc) is 2.69. The molecular formula is C10H13N3O3. The maximum Gasteiger partial charge on any atom is 0.329 e. The molecule has 1 heterocycles. The molecule has 0 radical (unpaired) electrons. The molecule has 0 aliphatic carbocycles. The molecule has 2 N–H and O–H groups in total. The lowest BCUT2D eigenvalue weighted by Gasteiger charge is -2.05. The minimum Gasteiger partial charge on any atom is -0.463 e. The SMILES string of the molecule is CC(C)NC(=O)C(=O)N/N=C/c1ccco1. The molecule has 1 aromatic heterocycles. The maximum atomic E-state index is 11.1. The highest BCUT2D eigenvalue weighted by molar-refractivity contribution is 6.35. The van der Waals surface area contributed by atoms with Crippen LogP contribution in [-0.4, -0.2) is 24.1 Å². The van der Waals surface area contributed by atoms with Gasteiger partial charge in [-0.2, -0.15) is 5.10 Å². The topological polar surface area (TPSA) is 83.7 Å². The van der Waals surface area contributed by atoms with Gasteiger partial charge in [0, 0.05) is 6.04 Å². The van der Waals surface area contributed by atoms with Gasteiger partial charge in [0.15, 0.2) is 0 Å². The smallest absolute Gasteiger partial charge is 0.329 e. The number of rotatable bonds is 3. The van der Waals surface area contributed by atoms with E-state index in [1.165, 1.54) is 12.5 Å². The van der Waals surface area contributed by atoms with E-state index >= 15 is 0 Å². The molecule has 16 heavy (non-hydrogen) atoms. The van der Waals surface area contributed by atoms with Crippen LogP contribution in [0.4, 0.5) is 0 Å². The second-order valence-electron chi connectivity index (χ2n) is 3.34. The first-order valence-corrected chi connectivity index (χ1v) is 4.77. The molecule has 0 unspecified atom stereocenters. The first kappa shape index (κ1) is 12.0. The quantitative estimate of drug-likeness (QED) is 0.438. The fraction of sp³-hybridized carbons (Fsp3) is 0.300. The summed E-state index contributed by atoms with van der Waals surface area (Å²) >= 11 is 0. The number of furan rings is 1. The van der Waals surface area contributed by atoms with E-state index in [9.17, 15) is 9.59 Å². The predicted octanol–water partition coefficient (Wildman–Crippen LogP) is 0.254. The van der Waals surface area contributed by atoms with E-state index in [1.807, 2.05) is 0 Å². The molecule has 0 fully saturated rings. The number of hydrogen-bond acceptors (Lipinski definition) is 4. The summed E-state index contributed by atoms with van der Waals surface area (Å²) in [5.41, 5.74) is 2.08. The predicted molar refractivity (Wildman–Crippen MR) is 57.7 cm³/mol. The van der Waals surface area contributed by atoms with Gasteiger partial charge in [0.05, 0.1) is 12.5 Å². The molecule has 86 valence electrons. The molecule has 1 rings (SSSR count). The van der Waals surface area contributed by atoms with Crippen LogP contribution in [0, 0.1) is 0 Å². The van der Waals surface area contributed by atoms with Crippen LogP contribution in [0.5, 0.6) is 0 Å². The van der Waals surface area contributed by atoms with Gasteiger partial charge in [-0.15, -0.1) is 0 Å². The van der Waals surface area contributed by atoms with Crippen LogP contribution >= 0.6 is 0 Å². The van der Waals surface area contributed by atoms with Gasteiger partial charge in [-0.05, 0) is 26.0 Å². The summed E-state index contributed by atoms with van der Waals surface area (Å²) in [6.45, 7) is 3.52. The monoisotopic (exact) mass is 223 g/mol. The summed E-state index contributed by atoms with van der Waals surface area (Å²) < 4.78 is 4.94. The van der Waals surface area contributed by atoms with Gasteiger partial charge in [0.25, 0.3) is 0 Å². The molecular weight excluding hydrogens is 210 g/mol. The summed E-state index contributed by atoms with van der Waals surface area (Å²) in [7, 11) is 0. The van der Waals surface area contributed by atoms with Crippen LogP contribution in [-0.2, 0) is 9.59 Å². The Bertz CT molecular complexity index is 382. The minimum atomic E-state index is -0.809. The third-order valence-electron chi connectivity index (χ3n) is 1.53. The van der Waals surface area contributed by atoms with Crippen molar-refractivity contribution in [1.82, 2.24) is 10.7 Å². The molecule has 0 atom stereocenters. The number of nitrogens with one attached hydrogen (secondary N) is 2. The zero-order chi connectivity index (χ0) is 12.0. The molecule has 0 spiro atoms. The zero-order valence-electron chi connectivity index (χ0n) is 9.06. The lowest BCUT2D eigenvalue weighted by Crippen LogP contribution is -2.41. The molecule has 0 saturated heterocycles. The fourth-order valence-corrected chi connectivity index (χ4v) is 0.898. The third kappa shape index (κ3) is 3.95. The summed E-state index contributed by atoms with van der Waals surface area (Å²) in [4.78, 5) is 22.3. The molecule has 2 amide bonds. The van der Waals surface area contributed by atoms with Gasteiger partial charge >= 0.3 is 11.8 Å². The lowest BCUT2D eigenvalue weighted by atomic mass is 10.4. The number of carbonyl (C=O) groups excluding carboxylic acids is 2. The highest BCUT2D eigenvalue weighted by atomic mass is 16.3. The highest BCUT2D eigenvalue weighted by Gasteiger charge is 2.12. The standard InChI is InChI=1S/C10H13N3O3/c1-7(2)12-9(14)10(15)13-11-6-8-4-3-5-16-8/h3-7H,1-2H3,(H,12,14)(H,13,15)/b11-6+. The number of amides is 2. The Labute approximate surface area is 92.7 Å². The zero-order valence-corrected chi connectivity index (χ0v) is 9.06. The van der Waals surface area contributed by atoms with E-state index in [2.05, 4.69) is 15.8 Å². The summed E-state index contributed by atoms with van der Waals surface area (Å²) in [6, 6.07) is 3.27. The number of nitrogens with zero attached hydrogens (tertiary/aromatic N) is 1. The summed E-state index contributed by atoms with van der Waals surface area (Å²) in [5.74, 6) is -1.03. The molecule has 0 aliphatic rings. The van der Waals surface area contributed by atoms with Gasteiger partial charge in [0.2, 0.25) is 0 Å². The van der Waals surface area contributed by atoms with Crippen molar-refractivity contribution in [2.24, 2.45) is 5.10 Å². The Hall–Kier alpha value is -2.11. The first-order valence-electron chi connectivity index (χ1n) is 4.77. The van der Waals surface area contributed by atoms with E-state index < -0.39 is 11.8 Å². The lowest BCUT2D eigenvalue weighted by molar-refractivity contribution is -0.139. The number of carbonyl (C=O) groups is 2. The van der Waals surface area contributed by atoms with E-state index in [0.717, 1.165) is 0 Å². The van der Waals surface area contributed by atoms with Crippen molar-refractivity contribution in [3.05, 3.63) is 24.2 Å². The molecule has 6 heteroatoms. The van der Waals surface area contributed by atoms with Crippen molar-refractivity contribution in [2.45, 2.75) is 19.9 Å². The van der Waals surface area contributed by atoms with Crippen molar-refractivity contribution in [3.8, 4) is 0 Å². The largest absolute Gasteiger partial charge is 0.463 e. The van der Waals surface area contributed by atoms with Crippen molar-refractivity contribution in [3.63, 3.8) is 0 Å². The van der Waals surface area contributed by atoms with Crippen molar-refractivity contribution >= 4 is 18.0 Å². The van der Waals surface area contributed by atoms with Crippen LogP contribution in [0.3, 0.4) is 0 Å². The van der Waals surface area contributed by atoms with Crippen molar-refractivity contribution in [1.29, 1.82) is 0 Å². The Kier molecular flexibility index (Phi) is 4.26. The third-order valence-corrected chi connectivity index (χ3v) is 1.53. The Morgan fingerprint density at radius 3 is 2.75 bits per heavy atom. The summed E-state index contributed by atoms with van der Waals surface area (Å²) in [6.07, 6.45) is 2.79. The van der Waals surface area contributed by atoms with E-state index in [-0.39, 0.29) is 6.04 Å². The second-order valence-corrected chi connectivity index (χ2v) is 3.34. The first-order chi connectivity index (χ1) is 7.59. The minimum absolute atomic E-state index is 0.0905. The normalized spacial score (nSPS) is 10.7. The van der Waals surface area contributed by atoms with Gasteiger partial charge in [-0.3, -0.25) is 9.59 Å². The summed E-state index contributed by atoms with van der Waals surface area (Å²) in [5, 5.41) is 6.00. The van der Waals surface area contributed by atoms with Gasteiger partial charge in [-0.25, -0.2) is 5.43 Å². The van der Waals surface area contributed by atoms with Crippen molar-refractivity contribution in [2.75, 3.05) is 0 Å². The van der Waals surface area contributed by atoms with Crippen molar-refractivity contribution < 1.29 is 14.0 Å². The highest BCUT2D eigenvalue weighted by Crippen LogP contribution is 1.94. The molecule has 0 saturated carbocycles. The number of hydrogen-bond donors (Lipinski definition) is 2. The van der Waals surface area contributed by atoms with E-state index in [4.69, 9.17) is 4.42 Å². The van der Waals surface area contributed by atoms with E-state index in [0.29, 0.717) is 5.76 Å². The molecule has 1 aromatic rings. The molecule has 0 bridgehead atoms. The Balaban J connectivity index is 2.38. The Morgan fingerprint density at radius 2 is 2.19 bits per heavy atom. The van der Waals surface area contributed by atoms with Crippen LogP contribution in [0.25, 0.3) is 0 Å². The fourth-order valence-electron chi connectivity index (χ4n) is 0.898. The van der Waals surface area contributed by atoms with Gasteiger partial charge in [-0.1, -0.05) is 0 Å². The Morgan fingerprint density at radius 1 is 1.44 bits per heavy atom. The average molecular weight is 223 g/mol. The van der Waals surface area contributed by atoms with Gasteiger partial charge in [0.1, 0.15) is 5.76 Å². The van der Waals surface area contributed by atoms with E-state index in [1.54, 1.807) is 26.0 Å². The van der Waals surface area contributed by atoms with Crippen LogP contribution in [0.15, 0.2) is 27.9 Å². The maximum absolute atomic E-state index is 11.1. The molecule has 0 aliphatic heterocycles.